The SMILES string of the molecule is CC1CC(NC(=O)c2ccc(N(C)c3ccccc3)nc2)CCN1.Cl.Cl. The highest BCUT2D eigenvalue weighted by Crippen LogP contribution is 2.21. The maximum absolute atomic E-state index is 12.4. The molecule has 2 heterocycles. The molecule has 3 rings (SSSR count). The van der Waals surface area contributed by atoms with Crippen LogP contribution in [0.3, 0.4) is 0 Å². The van der Waals surface area contributed by atoms with E-state index >= 15 is 0 Å². The molecule has 0 aliphatic carbocycles. The number of para-hydroxylation sites is 1. The highest BCUT2D eigenvalue weighted by atomic mass is 35.5. The Morgan fingerprint density at radius 1 is 1.19 bits per heavy atom. The van der Waals surface area contributed by atoms with Crippen molar-refractivity contribution in [1.29, 1.82) is 0 Å². The summed E-state index contributed by atoms with van der Waals surface area (Å²) in [5.74, 6) is 0.767. The lowest BCUT2D eigenvalue weighted by Gasteiger charge is -2.28. The number of carbonyl (C=O) groups is 1. The molecule has 0 saturated carbocycles. The van der Waals surface area contributed by atoms with Crippen molar-refractivity contribution in [2.75, 3.05) is 18.5 Å². The Labute approximate surface area is 167 Å². The van der Waals surface area contributed by atoms with Crippen LogP contribution < -0.4 is 15.5 Å². The third kappa shape index (κ3) is 5.59. The number of hydrogen-bond acceptors (Lipinski definition) is 4. The highest BCUT2D eigenvalue weighted by molar-refractivity contribution is 5.94. The van der Waals surface area contributed by atoms with E-state index in [1.807, 2.05) is 54.4 Å². The summed E-state index contributed by atoms with van der Waals surface area (Å²) in [5.41, 5.74) is 1.66. The van der Waals surface area contributed by atoms with Gasteiger partial charge >= 0.3 is 0 Å². The Bertz CT molecular complexity index is 682. The van der Waals surface area contributed by atoms with Gasteiger partial charge in [0, 0.05) is 31.0 Å². The fraction of sp³-hybridized carbons (Fsp3) is 0.368. The number of benzene rings is 1. The molecule has 1 saturated heterocycles. The number of aromatic nitrogens is 1. The second-order valence-electron chi connectivity index (χ2n) is 6.35. The standard InChI is InChI=1S/C19H24N4O.2ClH/c1-14-12-16(10-11-20-14)22-19(24)15-8-9-18(21-13-15)23(2)17-6-4-3-5-7-17;;/h3-9,13-14,16,20H,10-12H2,1-2H3,(H,22,24);2*1H. The predicted octanol–water partition coefficient (Wildman–Crippen LogP) is 3.56. The average Bonchev–Trinajstić information content (AvgIpc) is 2.62. The molecule has 1 aromatic heterocycles. The summed E-state index contributed by atoms with van der Waals surface area (Å²) >= 11 is 0. The number of carbonyl (C=O) groups excluding carboxylic acids is 1. The normalized spacial score (nSPS) is 18.8. The lowest BCUT2D eigenvalue weighted by Crippen LogP contribution is -2.46. The van der Waals surface area contributed by atoms with Crippen LogP contribution >= 0.6 is 24.8 Å². The summed E-state index contributed by atoms with van der Waals surface area (Å²) in [4.78, 5) is 18.8. The number of anilines is 2. The molecule has 0 bridgehead atoms. The molecule has 1 aromatic carbocycles. The summed E-state index contributed by atoms with van der Waals surface area (Å²) in [6, 6.07) is 14.4. The molecular weight excluding hydrogens is 371 g/mol. The van der Waals surface area contributed by atoms with Crippen molar-refractivity contribution in [2.45, 2.75) is 31.8 Å². The molecule has 142 valence electrons. The van der Waals surface area contributed by atoms with Crippen molar-refractivity contribution in [3.63, 3.8) is 0 Å². The smallest absolute Gasteiger partial charge is 0.253 e. The van der Waals surface area contributed by atoms with Crippen molar-refractivity contribution >= 4 is 42.2 Å². The molecular formula is C19H26Cl2N4O. The van der Waals surface area contributed by atoms with Crippen LogP contribution in [0.5, 0.6) is 0 Å². The lowest BCUT2D eigenvalue weighted by molar-refractivity contribution is 0.0925. The summed E-state index contributed by atoms with van der Waals surface area (Å²) in [5, 5.41) is 6.50. The van der Waals surface area contributed by atoms with Gasteiger partial charge in [-0.25, -0.2) is 4.98 Å². The summed E-state index contributed by atoms with van der Waals surface area (Å²) in [6.45, 7) is 3.10. The minimum atomic E-state index is -0.0458. The Hall–Kier alpha value is -1.82. The Kier molecular flexibility index (Phi) is 8.85. The first-order chi connectivity index (χ1) is 11.6. The molecule has 1 aliphatic heterocycles. The number of nitrogens with zero attached hydrogens (tertiary/aromatic N) is 2. The zero-order chi connectivity index (χ0) is 16.9. The summed E-state index contributed by atoms with van der Waals surface area (Å²) in [7, 11) is 1.97. The minimum Gasteiger partial charge on any atom is -0.349 e. The van der Waals surface area contributed by atoms with E-state index in [-0.39, 0.29) is 36.8 Å². The first kappa shape index (κ1) is 22.2. The number of pyridine rings is 1. The molecule has 2 N–H and O–H groups in total. The van der Waals surface area contributed by atoms with E-state index in [1.165, 1.54) is 0 Å². The summed E-state index contributed by atoms with van der Waals surface area (Å²) < 4.78 is 0. The van der Waals surface area contributed by atoms with Gasteiger partial charge in [-0.15, -0.1) is 24.8 Å². The molecule has 2 unspecified atom stereocenters. The Morgan fingerprint density at radius 3 is 2.54 bits per heavy atom. The predicted molar refractivity (Wildman–Crippen MR) is 111 cm³/mol. The van der Waals surface area contributed by atoms with Gasteiger partial charge in [-0.1, -0.05) is 18.2 Å². The van der Waals surface area contributed by atoms with E-state index in [1.54, 1.807) is 6.20 Å². The minimum absolute atomic E-state index is 0. The van der Waals surface area contributed by atoms with E-state index in [0.29, 0.717) is 11.6 Å². The number of rotatable bonds is 4. The van der Waals surface area contributed by atoms with E-state index in [9.17, 15) is 4.79 Å². The third-order valence-corrected chi connectivity index (χ3v) is 4.46. The van der Waals surface area contributed by atoms with Crippen LogP contribution in [-0.4, -0.2) is 36.6 Å². The number of halogens is 2. The number of nitrogens with one attached hydrogen (secondary N) is 2. The van der Waals surface area contributed by atoms with Crippen molar-refractivity contribution < 1.29 is 4.79 Å². The topological polar surface area (TPSA) is 57.3 Å². The second-order valence-corrected chi connectivity index (χ2v) is 6.35. The molecule has 0 spiro atoms. The first-order valence-corrected chi connectivity index (χ1v) is 8.42. The van der Waals surface area contributed by atoms with Crippen molar-refractivity contribution in [1.82, 2.24) is 15.6 Å². The van der Waals surface area contributed by atoms with Crippen molar-refractivity contribution in [3.05, 3.63) is 54.2 Å². The van der Waals surface area contributed by atoms with Gasteiger partial charge in [0.05, 0.1) is 5.56 Å². The molecule has 1 amide bonds. The van der Waals surface area contributed by atoms with Crippen LogP contribution in [0, 0.1) is 0 Å². The van der Waals surface area contributed by atoms with Crippen LogP contribution in [0.15, 0.2) is 48.7 Å². The monoisotopic (exact) mass is 396 g/mol. The molecule has 26 heavy (non-hydrogen) atoms. The van der Waals surface area contributed by atoms with Crippen LogP contribution in [0.25, 0.3) is 0 Å². The molecule has 5 nitrogen and oxygen atoms in total. The number of hydrogen-bond donors (Lipinski definition) is 2. The van der Waals surface area contributed by atoms with Crippen LogP contribution in [-0.2, 0) is 0 Å². The van der Waals surface area contributed by atoms with Crippen LogP contribution in [0.4, 0.5) is 11.5 Å². The van der Waals surface area contributed by atoms with Gasteiger partial charge in [-0.2, -0.15) is 0 Å². The third-order valence-electron chi connectivity index (χ3n) is 4.46. The largest absolute Gasteiger partial charge is 0.349 e. The average molecular weight is 397 g/mol. The number of piperidine rings is 1. The van der Waals surface area contributed by atoms with Gasteiger partial charge in [-0.05, 0) is 50.6 Å². The second kappa shape index (κ2) is 10.4. The molecule has 7 heteroatoms. The molecule has 1 aliphatic rings. The van der Waals surface area contributed by atoms with Gasteiger partial charge in [0.25, 0.3) is 5.91 Å². The fourth-order valence-corrected chi connectivity index (χ4v) is 3.03. The molecule has 2 atom stereocenters. The molecule has 1 fully saturated rings. The lowest BCUT2D eigenvalue weighted by atomic mass is 10.0. The Morgan fingerprint density at radius 2 is 1.92 bits per heavy atom. The summed E-state index contributed by atoms with van der Waals surface area (Å²) in [6.07, 6.45) is 3.58. The fourth-order valence-electron chi connectivity index (χ4n) is 3.03. The molecule has 2 aromatic rings. The van der Waals surface area contributed by atoms with Gasteiger partial charge in [0.2, 0.25) is 0 Å². The first-order valence-electron chi connectivity index (χ1n) is 8.42. The number of amides is 1. The zero-order valence-corrected chi connectivity index (χ0v) is 16.6. The quantitative estimate of drug-likeness (QED) is 0.829. The van der Waals surface area contributed by atoms with Crippen LogP contribution in [0.2, 0.25) is 0 Å². The van der Waals surface area contributed by atoms with Crippen molar-refractivity contribution in [3.8, 4) is 0 Å². The highest BCUT2D eigenvalue weighted by Gasteiger charge is 2.20. The van der Waals surface area contributed by atoms with Crippen LogP contribution in [0.1, 0.15) is 30.1 Å². The van der Waals surface area contributed by atoms with Gasteiger partial charge in [0.15, 0.2) is 0 Å². The van der Waals surface area contributed by atoms with E-state index in [4.69, 9.17) is 0 Å². The molecule has 0 radical (unpaired) electrons. The maximum Gasteiger partial charge on any atom is 0.253 e. The van der Waals surface area contributed by atoms with Gasteiger partial charge in [-0.3, -0.25) is 4.79 Å². The van der Waals surface area contributed by atoms with Crippen molar-refractivity contribution in [2.24, 2.45) is 0 Å². The van der Waals surface area contributed by atoms with E-state index in [2.05, 4.69) is 22.5 Å². The van der Waals surface area contributed by atoms with Gasteiger partial charge in [0.1, 0.15) is 5.82 Å². The van der Waals surface area contributed by atoms with E-state index in [0.717, 1.165) is 30.9 Å². The van der Waals surface area contributed by atoms with Gasteiger partial charge < -0.3 is 15.5 Å². The Balaban J connectivity index is 0.00000169. The zero-order valence-electron chi connectivity index (χ0n) is 15.0. The maximum atomic E-state index is 12.4. The van der Waals surface area contributed by atoms with E-state index < -0.39 is 0 Å².